The van der Waals surface area contributed by atoms with E-state index in [0.717, 1.165) is 12.2 Å². The van der Waals surface area contributed by atoms with Crippen LogP contribution >= 0.6 is 24.4 Å². The first kappa shape index (κ1) is 11.2. The first-order valence-electron chi connectivity index (χ1n) is 3.63. The molecule has 1 atom stereocenters. The van der Waals surface area contributed by atoms with Crippen molar-refractivity contribution >= 4 is 30.3 Å². The van der Waals surface area contributed by atoms with Gasteiger partial charge < -0.3 is 5.32 Å². The highest BCUT2D eigenvalue weighted by Crippen LogP contribution is 2.00. The molecule has 0 heterocycles. The van der Waals surface area contributed by atoms with Gasteiger partial charge in [-0.25, -0.2) is 0 Å². The highest BCUT2D eigenvalue weighted by molar-refractivity contribution is 7.98. The third-order valence-electron chi connectivity index (χ3n) is 1.37. The van der Waals surface area contributed by atoms with Gasteiger partial charge in [0.1, 0.15) is 0 Å². The number of nitrogens with one attached hydrogen (secondary N) is 1. The number of carbonyl (C=O) groups excluding carboxylic acids is 1. The maximum absolute atomic E-state index is 10.9. The topological polar surface area (TPSA) is 29.1 Å². The summed E-state index contributed by atoms with van der Waals surface area (Å²) >= 11 is 5.63. The fraction of sp³-hybridized carbons (Fsp3) is 0.857. The van der Waals surface area contributed by atoms with Gasteiger partial charge in [0, 0.05) is 11.8 Å². The Hall–Kier alpha value is 0.170. The standard InChI is InChI=1S/C7H15NOS2/c1-3-6(5-11-2)8-7(9)4-10/h6,10H,3-5H2,1-2H3,(H,8,9). The summed E-state index contributed by atoms with van der Waals surface area (Å²) in [6.45, 7) is 2.07. The maximum Gasteiger partial charge on any atom is 0.229 e. The summed E-state index contributed by atoms with van der Waals surface area (Å²) < 4.78 is 0. The molecule has 0 saturated heterocycles. The van der Waals surface area contributed by atoms with Crippen LogP contribution in [-0.2, 0) is 4.79 Å². The molecule has 0 spiro atoms. The molecule has 0 aromatic carbocycles. The fourth-order valence-corrected chi connectivity index (χ4v) is 1.55. The zero-order valence-electron chi connectivity index (χ0n) is 6.96. The van der Waals surface area contributed by atoms with Crippen molar-refractivity contribution in [2.24, 2.45) is 0 Å². The summed E-state index contributed by atoms with van der Waals surface area (Å²) in [6.07, 6.45) is 3.02. The fourth-order valence-electron chi connectivity index (χ4n) is 0.736. The Kier molecular flexibility index (Phi) is 6.96. The molecule has 0 rings (SSSR count). The largest absolute Gasteiger partial charge is 0.352 e. The number of hydrogen-bond donors (Lipinski definition) is 2. The molecule has 0 aromatic heterocycles. The van der Waals surface area contributed by atoms with Gasteiger partial charge in [-0.15, -0.1) is 0 Å². The van der Waals surface area contributed by atoms with Crippen LogP contribution in [0.1, 0.15) is 13.3 Å². The molecular formula is C7H15NOS2. The first-order valence-corrected chi connectivity index (χ1v) is 5.66. The summed E-state index contributed by atoms with van der Waals surface area (Å²) in [7, 11) is 0. The van der Waals surface area contributed by atoms with Crippen molar-refractivity contribution in [3.8, 4) is 0 Å². The molecule has 0 aliphatic heterocycles. The Morgan fingerprint density at radius 1 is 1.73 bits per heavy atom. The molecule has 0 aromatic rings. The maximum atomic E-state index is 10.9. The van der Waals surface area contributed by atoms with Gasteiger partial charge in [0.25, 0.3) is 0 Å². The number of thiol groups is 1. The van der Waals surface area contributed by atoms with Gasteiger partial charge in [0.2, 0.25) is 5.91 Å². The van der Waals surface area contributed by atoms with Crippen LogP contribution in [0, 0.1) is 0 Å². The summed E-state index contributed by atoms with van der Waals surface area (Å²) in [5.74, 6) is 1.29. The number of amides is 1. The predicted octanol–water partition coefficient (Wildman–Crippen LogP) is 1.17. The van der Waals surface area contributed by atoms with Gasteiger partial charge in [0.05, 0.1) is 5.75 Å². The van der Waals surface area contributed by atoms with Gasteiger partial charge in [0.15, 0.2) is 0 Å². The summed E-state index contributed by atoms with van der Waals surface area (Å²) in [6, 6.07) is 0.310. The summed E-state index contributed by atoms with van der Waals surface area (Å²) in [5, 5.41) is 2.88. The second-order valence-electron chi connectivity index (χ2n) is 2.29. The van der Waals surface area contributed by atoms with Crippen molar-refractivity contribution in [1.82, 2.24) is 5.32 Å². The number of thioether (sulfide) groups is 1. The molecule has 1 amide bonds. The van der Waals surface area contributed by atoms with E-state index in [1.165, 1.54) is 0 Å². The van der Waals surface area contributed by atoms with Crippen molar-refractivity contribution in [1.29, 1.82) is 0 Å². The van der Waals surface area contributed by atoms with Crippen LogP contribution in [0.3, 0.4) is 0 Å². The lowest BCUT2D eigenvalue weighted by atomic mass is 10.2. The molecule has 0 radical (unpaired) electrons. The average molecular weight is 193 g/mol. The van der Waals surface area contributed by atoms with Crippen LogP contribution in [0.2, 0.25) is 0 Å². The number of carbonyl (C=O) groups is 1. The van der Waals surface area contributed by atoms with Gasteiger partial charge in [-0.1, -0.05) is 6.92 Å². The lowest BCUT2D eigenvalue weighted by Crippen LogP contribution is -2.36. The third kappa shape index (κ3) is 5.44. The number of rotatable bonds is 5. The minimum Gasteiger partial charge on any atom is -0.352 e. The zero-order valence-corrected chi connectivity index (χ0v) is 8.67. The van der Waals surface area contributed by atoms with Crippen LogP contribution in [0.4, 0.5) is 0 Å². The van der Waals surface area contributed by atoms with E-state index in [4.69, 9.17) is 0 Å². The second-order valence-corrected chi connectivity index (χ2v) is 3.51. The molecule has 4 heteroatoms. The zero-order chi connectivity index (χ0) is 8.69. The third-order valence-corrected chi connectivity index (χ3v) is 2.39. The second kappa shape index (κ2) is 6.85. The molecule has 1 N–H and O–H groups in total. The van der Waals surface area contributed by atoms with Gasteiger partial charge in [-0.05, 0) is 12.7 Å². The van der Waals surface area contributed by atoms with E-state index < -0.39 is 0 Å². The van der Waals surface area contributed by atoms with Gasteiger partial charge in [-0.2, -0.15) is 24.4 Å². The molecule has 0 aliphatic rings. The molecule has 66 valence electrons. The quantitative estimate of drug-likeness (QED) is 0.642. The van der Waals surface area contributed by atoms with Crippen molar-refractivity contribution in [2.75, 3.05) is 17.8 Å². The highest BCUT2D eigenvalue weighted by atomic mass is 32.2. The van der Waals surface area contributed by atoms with Crippen molar-refractivity contribution in [2.45, 2.75) is 19.4 Å². The molecule has 2 nitrogen and oxygen atoms in total. The predicted molar refractivity (Wildman–Crippen MR) is 54.5 cm³/mol. The Labute approximate surface area is 77.9 Å². The molecule has 0 saturated carbocycles. The molecule has 1 unspecified atom stereocenters. The lowest BCUT2D eigenvalue weighted by Gasteiger charge is -2.14. The van der Waals surface area contributed by atoms with E-state index in [2.05, 4.69) is 24.9 Å². The first-order chi connectivity index (χ1) is 5.24. The van der Waals surface area contributed by atoms with Crippen molar-refractivity contribution < 1.29 is 4.79 Å². The van der Waals surface area contributed by atoms with E-state index in [1.807, 2.05) is 6.26 Å². The molecule has 11 heavy (non-hydrogen) atoms. The molecule has 0 fully saturated rings. The molecule has 0 bridgehead atoms. The summed E-state index contributed by atoms with van der Waals surface area (Å²) in [5.41, 5.74) is 0. The van der Waals surface area contributed by atoms with Gasteiger partial charge in [-0.3, -0.25) is 4.79 Å². The monoisotopic (exact) mass is 193 g/mol. The van der Waals surface area contributed by atoms with Crippen LogP contribution in [-0.4, -0.2) is 29.7 Å². The number of hydrogen-bond acceptors (Lipinski definition) is 3. The van der Waals surface area contributed by atoms with Crippen LogP contribution < -0.4 is 5.32 Å². The lowest BCUT2D eigenvalue weighted by molar-refractivity contribution is -0.119. The van der Waals surface area contributed by atoms with Gasteiger partial charge >= 0.3 is 0 Å². The normalized spacial score (nSPS) is 12.6. The van der Waals surface area contributed by atoms with Crippen molar-refractivity contribution in [3.05, 3.63) is 0 Å². The Morgan fingerprint density at radius 3 is 2.73 bits per heavy atom. The Balaban J connectivity index is 3.58. The van der Waals surface area contributed by atoms with E-state index in [1.54, 1.807) is 11.8 Å². The van der Waals surface area contributed by atoms with Crippen LogP contribution in [0.5, 0.6) is 0 Å². The Morgan fingerprint density at radius 2 is 2.36 bits per heavy atom. The van der Waals surface area contributed by atoms with E-state index in [9.17, 15) is 4.79 Å². The minimum absolute atomic E-state index is 0.0224. The van der Waals surface area contributed by atoms with E-state index >= 15 is 0 Å². The molecular weight excluding hydrogens is 178 g/mol. The van der Waals surface area contributed by atoms with E-state index in [0.29, 0.717) is 6.04 Å². The Bertz CT molecular complexity index is 119. The minimum atomic E-state index is 0.0224. The van der Waals surface area contributed by atoms with E-state index in [-0.39, 0.29) is 11.7 Å². The highest BCUT2D eigenvalue weighted by Gasteiger charge is 2.07. The van der Waals surface area contributed by atoms with Crippen LogP contribution in [0.25, 0.3) is 0 Å². The summed E-state index contributed by atoms with van der Waals surface area (Å²) in [4.78, 5) is 10.9. The SMILES string of the molecule is CCC(CSC)NC(=O)CS. The average Bonchev–Trinajstić information content (AvgIpc) is 2.03. The van der Waals surface area contributed by atoms with Crippen molar-refractivity contribution in [3.63, 3.8) is 0 Å². The van der Waals surface area contributed by atoms with Crippen LogP contribution in [0.15, 0.2) is 0 Å². The smallest absolute Gasteiger partial charge is 0.229 e. The molecule has 0 aliphatic carbocycles.